The molecule has 1 atom stereocenters. The molecule has 5 N–H and O–H groups in total. The van der Waals surface area contributed by atoms with Crippen molar-refractivity contribution in [2.45, 2.75) is 174 Å². The van der Waals surface area contributed by atoms with Crippen molar-refractivity contribution in [1.82, 2.24) is 26.6 Å². The van der Waals surface area contributed by atoms with Gasteiger partial charge in [-0.15, -0.1) is 0 Å². The lowest BCUT2D eigenvalue weighted by Crippen LogP contribution is -2.48. The Kier molecular flexibility index (Phi) is 30.5. The second-order valence-electron chi connectivity index (χ2n) is 14.2. The summed E-state index contributed by atoms with van der Waals surface area (Å²) in [6, 6.07) is 8.34. The van der Waals surface area contributed by atoms with E-state index in [1.807, 2.05) is 30.3 Å². The van der Waals surface area contributed by atoms with E-state index < -0.39 is 23.9 Å². The molecule has 0 aliphatic heterocycles. The molecule has 0 saturated heterocycles. The van der Waals surface area contributed by atoms with Crippen LogP contribution in [0.25, 0.3) is 0 Å². The van der Waals surface area contributed by atoms with E-state index in [0.717, 1.165) is 37.7 Å². The minimum absolute atomic E-state index is 0.0255. The fraction of sp³-hybridized carbons (Fsp3) is 0.738. The topological polar surface area (TPSA) is 155 Å². The van der Waals surface area contributed by atoms with Gasteiger partial charge in [-0.05, 0) is 24.8 Å². The van der Waals surface area contributed by atoms with Crippen LogP contribution in [0.4, 0.5) is 4.79 Å². The summed E-state index contributed by atoms with van der Waals surface area (Å²) in [5.41, 5.74) is 0.828. The van der Waals surface area contributed by atoms with Crippen molar-refractivity contribution in [1.29, 1.82) is 0 Å². The number of rotatable bonds is 34. The first-order valence-corrected chi connectivity index (χ1v) is 20.9. The van der Waals surface area contributed by atoms with Crippen molar-refractivity contribution in [3.05, 3.63) is 35.9 Å². The molecule has 302 valence electrons. The number of nitrogens with one attached hydrogen (secondary N) is 5. The zero-order valence-electron chi connectivity index (χ0n) is 33.2. The van der Waals surface area contributed by atoms with Crippen LogP contribution in [0.2, 0.25) is 0 Å². The number of carbonyl (C=O) groups excluding carboxylic acids is 5. The van der Waals surface area contributed by atoms with Gasteiger partial charge in [0.05, 0.1) is 6.54 Å². The van der Waals surface area contributed by atoms with E-state index in [0.29, 0.717) is 13.1 Å². The van der Waals surface area contributed by atoms with Gasteiger partial charge in [-0.2, -0.15) is 0 Å². The Hall–Kier alpha value is -3.63. The minimum atomic E-state index is -0.856. The SMILES string of the molecule is CCCCCCCCCCCCNC(=O)CCC(NC(=O)CCNC(=O)CNC(=O)OCc1ccccc1)C(=O)NCCCCCCCCCCCC. The lowest BCUT2D eigenvalue weighted by Gasteiger charge is -2.19. The highest BCUT2D eigenvalue weighted by atomic mass is 16.5. The molecule has 0 aromatic heterocycles. The highest BCUT2D eigenvalue weighted by Gasteiger charge is 2.21. The molecular weight excluding hydrogens is 670 g/mol. The van der Waals surface area contributed by atoms with Crippen LogP contribution >= 0.6 is 0 Å². The van der Waals surface area contributed by atoms with Crippen molar-refractivity contribution < 1.29 is 28.7 Å². The normalized spacial score (nSPS) is 11.4. The van der Waals surface area contributed by atoms with Crippen molar-refractivity contribution in [2.75, 3.05) is 26.2 Å². The van der Waals surface area contributed by atoms with Gasteiger partial charge in [-0.3, -0.25) is 19.2 Å². The first kappa shape index (κ1) is 47.4. The molecule has 1 aromatic rings. The van der Waals surface area contributed by atoms with E-state index in [9.17, 15) is 24.0 Å². The van der Waals surface area contributed by atoms with E-state index in [1.165, 1.54) is 96.3 Å². The summed E-state index contributed by atoms with van der Waals surface area (Å²) >= 11 is 0. The van der Waals surface area contributed by atoms with E-state index in [4.69, 9.17) is 4.74 Å². The number of hydrogen-bond acceptors (Lipinski definition) is 6. The average Bonchev–Trinajstić information content (AvgIpc) is 3.16. The third-order valence-corrected chi connectivity index (χ3v) is 9.27. The largest absolute Gasteiger partial charge is 0.445 e. The predicted molar refractivity (Wildman–Crippen MR) is 213 cm³/mol. The maximum Gasteiger partial charge on any atom is 0.407 e. The van der Waals surface area contributed by atoms with Gasteiger partial charge in [0.1, 0.15) is 12.6 Å². The molecule has 11 nitrogen and oxygen atoms in total. The maximum atomic E-state index is 13.1. The lowest BCUT2D eigenvalue weighted by molar-refractivity contribution is -0.130. The Labute approximate surface area is 320 Å². The van der Waals surface area contributed by atoms with Gasteiger partial charge in [-0.1, -0.05) is 160 Å². The molecule has 11 heteroatoms. The summed E-state index contributed by atoms with van der Waals surface area (Å²) in [5, 5.41) is 13.6. The highest BCUT2D eigenvalue weighted by molar-refractivity contribution is 5.88. The molecular formula is C42H73N5O6. The smallest absolute Gasteiger partial charge is 0.407 e. The van der Waals surface area contributed by atoms with Crippen molar-refractivity contribution in [2.24, 2.45) is 0 Å². The van der Waals surface area contributed by atoms with Crippen molar-refractivity contribution in [3.63, 3.8) is 0 Å². The summed E-state index contributed by atoms with van der Waals surface area (Å²) in [6.07, 6.45) is 23.8. The Morgan fingerprint density at radius 1 is 0.528 bits per heavy atom. The zero-order chi connectivity index (χ0) is 38.6. The summed E-state index contributed by atoms with van der Waals surface area (Å²) in [5.74, 6) is -1.33. The van der Waals surface area contributed by atoms with E-state index in [-0.39, 0.29) is 50.8 Å². The van der Waals surface area contributed by atoms with Crippen LogP contribution in [0.15, 0.2) is 30.3 Å². The second kappa shape index (κ2) is 34.2. The van der Waals surface area contributed by atoms with Crippen LogP contribution in [0.1, 0.15) is 167 Å². The summed E-state index contributed by atoms with van der Waals surface area (Å²) in [7, 11) is 0. The Morgan fingerprint density at radius 2 is 1.02 bits per heavy atom. The fourth-order valence-electron chi connectivity index (χ4n) is 5.99. The number of carbonyl (C=O) groups is 5. The standard InChI is InChI=1S/C42H73N5O6/c1-3-5-7-9-11-13-15-17-19-24-31-43-38(48)29-28-37(41(51)45-32-25-20-18-16-14-12-10-8-6-4-2)47-39(49)30-33-44-40(50)34-46-42(52)53-35-36-26-22-21-23-27-36/h21-23,26-27,37H,3-20,24-25,28-35H2,1-2H3,(H,43,48)(H,44,50)(H,45,51)(H,46,52)(H,47,49). The number of hydrogen-bond donors (Lipinski definition) is 5. The highest BCUT2D eigenvalue weighted by Crippen LogP contribution is 2.12. The minimum Gasteiger partial charge on any atom is -0.445 e. The Bertz CT molecular complexity index is 1100. The molecule has 0 saturated carbocycles. The molecule has 5 amide bonds. The Morgan fingerprint density at radius 3 is 1.57 bits per heavy atom. The first-order chi connectivity index (χ1) is 25.8. The number of unbranched alkanes of at least 4 members (excludes halogenated alkanes) is 18. The molecule has 1 rings (SSSR count). The molecule has 1 aromatic carbocycles. The molecule has 0 radical (unpaired) electrons. The third-order valence-electron chi connectivity index (χ3n) is 9.27. The van der Waals surface area contributed by atoms with Crippen LogP contribution in [0, 0.1) is 0 Å². The van der Waals surface area contributed by atoms with Crippen LogP contribution < -0.4 is 26.6 Å². The van der Waals surface area contributed by atoms with Crippen molar-refractivity contribution >= 4 is 29.7 Å². The summed E-state index contributed by atoms with van der Waals surface area (Å²) < 4.78 is 5.10. The third kappa shape index (κ3) is 29.5. The van der Waals surface area contributed by atoms with Crippen LogP contribution in [0.5, 0.6) is 0 Å². The monoisotopic (exact) mass is 744 g/mol. The molecule has 0 aliphatic carbocycles. The van der Waals surface area contributed by atoms with E-state index >= 15 is 0 Å². The number of ether oxygens (including phenoxy) is 1. The molecule has 0 spiro atoms. The van der Waals surface area contributed by atoms with Crippen LogP contribution in [0.3, 0.4) is 0 Å². The van der Waals surface area contributed by atoms with Gasteiger partial charge in [0.25, 0.3) is 0 Å². The zero-order valence-corrected chi connectivity index (χ0v) is 33.2. The van der Waals surface area contributed by atoms with Gasteiger partial charge in [-0.25, -0.2) is 4.79 Å². The van der Waals surface area contributed by atoms with Gasteiger partial charge in [0.2, 0.25) is 23.6 Å². The summed E-state index contributed by atoms with van der Waals surface area (Å²) in [6.45, 7) is 5.40. The quantitative estimate of drug-likeness (QED) is 0.0455. The Balaban J connectivity index is 2.39. The van der Waals surface area contributed by atoms with Crippen LogP contribution in [-0.4, -0.2) is 61.9 Å². The maximum absolute atomic E-state index is 13.1. The average molecular weight is 744 g/mol. The van der Waals surface area contributed by atoms with Gasteiger partial charge in [0, 0.05) is 32.5 Å². The van der Waals surface area contributed by atoms with Crippen LogP contribution in [-0.2, 0) is 30.5 Å². The fourth-order valence-corrected chi connectivity index (χ4v) is 5.99. The molecule has 53 heavy (non-hydrogen) atoms. The molecule has 0 aliphatic rings. The second-order valence-corrected chi connectivity index (χ2v) is 14.2. The van der Waals surface area contributed by atoms with Crippen molar-refractivity contribution in [3.8, 4) is 0 Å². The van der Waals surface area contributed by atoms with Gasteiger partial charge < -0.3 is 31.3 Å². The number of benzene rings is 1. The van der Waals surface area contributed by atoms with Gasteiger partial charge >= 0.3 is 6.09 Å². The van der Waals surface area contributed by atoms with Gasteiger partial charge in [0.15, 0.2) is 0 Å². The number of amides is 5. The molecule has 0 fully saturated rings. The molecule has 0 heterocycles. The first-order valence-electron chi connectivity index (χ1n) is 20.9. The molecule has 1 unspecified atom stereocenters. The predicted octanol–water partition coefficient (Wildman–Crippen LogP) is 7.76. The van der Waals surface area contributed by atoms with E-state index in [1.54, 1.807) is 0 Å². The summed E-state index contributed by atoms with van der Waals surface area (Å²) in [4.78, 5) is 62.6. The van der Waals surface area contributed by atoms with E-state index in [2.05, 4.69) is 40.4 Å². The number of alkyl carbamates (subject to hydrolysis) is 1. The molecule has 0 bridgehead atoms. The lowest BCUT2D eigenvalue weighted by atomic mass is 10.1.